The first-order chi connectivity index (χ1) is 19.2. The first kappa shape index (κ1) is 27.8. The van der Waals surface area contributed by atoms with E-state index in [4.69, 9.17) is 27.9 Å². The summed E-state index contributed by atoms with van der Waals surface area (Å²) in [5.41, 5.74) is 3.89. The highest BCUT2D eigenvalue weighted by molar-refractivity contribution is 6.35. The summed E-state index contributed by atoms with van der Waals surface area (Å²) in [6.07, 6.45) is 5.69. The van der Waals surface area contributed by atoms with Gasteiger partial charge < -0.3 is 14.8 Å². The lowest BCUT2D eigenvalue weighted by molar-refractivity contribution is 0.104. The molecule has 0 spiro atoms. The third kappa shape index (κ3) is 6.02. The molecular formula is C31H29Cl2N3O4. The molecule has 1 aromatic heterocycles. The smallest absolute Gasteiger partial charge is 0.330 e. The van der Waals surface area contributed by atoms with Crippen LogP contribution in [0.4, 0.5) is 0 Å². The number of aromatic amines is 1. The van der Waals surface area contributed by atoms with Crippen molar-refractivity contribution in [2.45, 2.75) is 32.9 Å². The fraction of sp³-hybridized carbons (Fsp3) is 0.226. The van der Waals surface area contributed by atoms with Gasteiger partial charge in [-0.3, -0.25) is 14.3 Å². The number of para-hydroxylation sites is 2. The molecule has 0 fully saturated rings. The minimum Gasteiger partial charge on any atom is -0.507 e. The number of imidazole rings is 1. The number of nitrogens with one attached hydrogen (secondary N) is 1. The van der Waals surface area contributed by atoms with E-state index in [9.17, 15) is 14.7 Å². The monoisotopic (exact) mass is 577 g/mol. The zero-order valence-corrected chi connectivity index (χ0v) is 23.7. The van der Waals surface area contributed by atoms with Gasteiger partial charge in [0.2, 0.25) is 0 Å². The van der Waals surface area contributed by atoms with Crippen LogP contribution in [0.25, 0.3) is 22.8 Å². The molecule has 0 saturated heterocycles. The molecule has 2 heterocycles. The molecule has 9 heteroatoms. The molecule has 0 bridgehead atoms. The molecule has 0 unspecified atom stereocenters. The normalized spacial score (nSPS) is 14.3. The molecule has 0 aliphatic carbocycles. The van der Waals surface area contributed by atoms with Crippen LogP contribution < -0.4 is 10.4 Å². The van der Waals surface area contributed by atoms with Crippen molar-refractivity contribution in [3.8, 4) is 11.5 Å². The highest BCUT2D eigenvalue weighted by Crippen LogP contribution is 2.32. The molecule has 3 aromatic carbocycles. The summed E-state index contributed by atoms with van der Waals surface area (Å²) in [7, 11) is 0. The number of rotatable bonds is 8. The Bertz CT molecular complexity index is 1700. The summed E-state index contributed by atoms with van der Waals surface area (Å²) >= 11 is 12.2. The number of aromatic nitrogens is 2. The topological polar surface area (TPSA) is 87.6 Å². The standard InChI is InChI=1S/C31H29Cl2N3O4/c1-19(2)40-30-16-29(38)24(28(37)12-10-20-9-11-22(32)15-25(20)33)14-21(30)17-35-13-5-6-23(18-35)36-27-8-4-3-7-26(27)34-31(36)39/h3-4,6-12,14-16,19,38H,5,13,17-18H2,1-2H3,(H,34,39)/b12-10+. The number of H-pyrrole nitrogens is 1. The number of ketones is 1. The van der Waals surface area contributed by atoms with Crippen molar-refractivity contribution >= 4 is 51.8 Å². The van der Waals surface area contributed by atoms with Crippen LogP contribution in [0, 0.1) is 0 Å². The lowest BCUT2D eigenvalue weighted by Gasteiger charge is -2.28. The summed E-state index contributed by atoms with van der Waals surface area (Å²) in [4.78, 5) is 31.0. The van der Waals surface area contributed by atoms with Crippen molar-refractivity contribution in [2.24, 2.45) is 0 Å². The number of nitrogens with zero attached hydrogens (tertiary/aromatic N) is 2. The molecule has 5 rings (SSSR count). The van der Waals surface area contributed by atoms with E-state index in [0.29, 0.717) is 34.4 Å². The van der Waals surface area contributed by atoms with E-state index in [-0.39, 0.29) is 28.9 Å². The first-order valence-corrected chi connectivity index (χ1v) is 13.8. The van der Waals surface area contributed by atoms with Gasteiger partial charge in [-0.2, -0.15) is 0 Å². The number of carbonyl (C=O) groups excluding carboxylic acids is 1. The van der Waals surface area contributed by atoms with Gasteiger partial charge in [0.25, 0.3) is 0 Å². The van der Waals surface area contributed by atoms with Crippen LogP contribution in [0.15, 0.2) is 71.5 Å². The van der Waals surface area contributed by atoms with Crippen LogP contribution in [0.1, 0.15) is 41.8 Å². The lowest BCUT2D eigenvalue weighted by atomic mass is 10.0. The Kier molecular flexibility index (Phi) is 8.17. The van der Waals surface area contributed by atoms with E-state index in [0.717, 1.165) is 35.3 Å². The summed E-state index contributed by atoms with van der Waals surface area (Å²) in [6, 6.07) is 15.8. The van der Waals surface area contributed by atoms with E-state index in [1.165, 1.54) is 12.1 Å². The third-order valence-electron chi connectivity index (χ3n) is 6.67. The molecule has 0 saturated carbocycles. The molecule has 40 heavy (non-hydrogen) atoms. The SMILES string of the molecule is CC(C)Oc1cc(O)c(C(=O)/C=C/c2ccc(Cl)cc2Cl)cc1CN1CCC=C(n2c(=O)[nH]c3ccccc32)C1. The second-order valence-corrected chi connectivity index (χ2v) is 10.8. The Balaban J connectivity index is 1.42. The van der Waals surface area contributed by atoms with Gasteiger partial charge in [0.05, 0.1) is 22.7 Å². The molecule has 206 valence electrons. The number of benzene rings is 3. The van der Waals surface area contributed by atoms with Crippen molar-refractivity contribution in [1.82, 2.24) is 14.5 Å². The van der Waals surface area contributed by atoms with Gasteiger partial charge in [-0.05, 0) is 68.3 Å². The zero-order valence-electron chi connectivity index (χ0n) is 22.2. The van der Waals surface area contributed by atoms with Gasteiger partial charge in [0.15, 0.2) is 5.78 Å². The van der Waals surface area contributed by atoms with Crippen molar-refractivity contribution in [2.75, 3.05) is 13.1 Å². The first-order valence-electron chi connectivity index (χ1n) is 13.0. The zero-order chi connectivity index (χ0) is 28.4. The molecule has 4 aromatic rings. The number of hydrogen-bond donors (Lipinski definition) is 2. The summed E-state index contributed by atoms with van der Waals surface area (Å²) in [5, 5.41) is 11.7. The summed E-state index contributed by atoms with van der Waals surface area (Å²) in [6.45, 7) is 5.57. The Hall–Kier alpha value is -3.78. The fourth-order valence-electron chi connectivity index (χ4n) is 4.85. The van der Waals surface area contributed by atoms with Gasteiger partial charge in [-0.1, -0.05) is 47.5 Å². The molecule has 0 atom stereocenters. The quantitative estimate of drug-likeness (QED) is 0.178. The third-order valence-corrected chi connectivity index (χ3v) is 7.23. The number of halogens is 2. The van der Waals surface area contributed by atoms with Crippen LogP contribution in [-0.2, 0) is 6.54 Å². The second kappa shape index (κ2) is 11.8. The number of phenols is 1. The molecular weight excluding hydrogens is 549 g/mol. The van der Waals surface area contributed by atoms with Gasteiger partial charge in [-0.25, -0.2) is 4.79 Å². The van der Waals surface area contributed by atoms with Crippen LogP contribution in [0.3, 0.4) is 0 Å². The van der Waals surface area contributed by atoms with Gasteiger partial charge >= 0.3 is 5.69 Å². The Morgan fingerprint density at radius 3 is 2.73 bits per heavy atom. The predicted octanol–water partition coefficient (Wildman–Crippen LogP) is 6.77. The number of aromatic hydroxyl groups is 1. The molecule has 1 aliphatic heterocycles. The molecule has 0 radical (unpaired) electrons. The van der Waals surface area contributed by atoms with Gasteiger partial charge in [0, 0.05) is 47.0 Å². The van der Waals surface area contributed by atoms with Crippen molar-refractivity contribution < 1.29 is 14.6 Å². The number of hydrogen-bond acceptors (Lipinski definition) is 5. The molecule has 1 aliphatic rings. The Labute approximate surface area is 241 Å². The van der Waals surface area contributed by atoms with E-state index in [1.807, 2.05) is 38.1 Å². The van der Waals surface area contributed by atoms with Crippen molar-refractivity contribution in [3.05, 3.63) is 104 Å². The number of allylic oxidation sites excluding steroid dienone is 1. The highest BCUT2D eigenvalue weighted by atomic mass is 35.5. The van der Waals surface area contributed by atoms with Crippen LogP contribution in [0.5, 0.6) is 11.5 Å². The van der Waals surface area contributed by atoms with Crippen LogP contribution in [-0.4, -0.2) is 44.5 Å². The Morgan fingerprint density at radius 2 is 1.95 bits per heavy atom. The average Bonchev–Trinajstić information content (AvgIpc) is 3.25. The minimum absolute atomic E-state index is 0.131. The van der Waals surface area contributed by atoms with Crippen molar-refractivity contribution in [1.29, 1.82) is 0 Å². The van der Waals surface area contributed by atoms with E-state index >= 15 is 0 Å². The second-order valence-electron chi connectivity index (χ2n) is 9.98. The molecule has 2 N–H and O–H groups in total. The fourth-order valence-corrected chi connectivity index (χ4v) is 5.33. The average molecular weight is 578 g/mol. The lowest BCUT2D eigenvalue weighted by Crippen LogP contribution is -2.33. The maximum absolute atomic E-state index is 13.1. The number of ether oxygens (including phenoxy) is 1. The predicted molar refractivity (Wildman–Crippen MR) is 160 cm³/mol. The van der Waals surface area contributed by atoms with E-state index in [2.05, 4.69) is 16.0 Å². The minimum atomic E-state index is -0.370. The number of carbonyl (C=O) groups is 1. The summed E-state index contributed by atoms with van der Waals surface area (Å²) < 4.78 is 7.73. The van der Waals surface area contributed by atoms with E-state index in [1.54, 1.807) is 34.9 Å². The summed E-state index contributed by atoms with van der Waals surface area (Å²) in [5.74, 6) is -0.0274. The highest BCUT2D eigenvalue weighted by Gasteiger charge is 2.22. The van der Waals surface area contributed by atoms with Gasteiger partial charge in [0.1, 0.15) is 11.5 Å². The van der Waals surface area contributed by atoms with Crippen LogP contribution >= 0.6 is 23.2 Å². The number of fused-ring (bicyclic) bond motifs is 1. The van der Waals surface area contributed by atoms with Gasteiger partial charge in [-0.15, -0.1) is 0 Å². The van der Waals surface area contributed by atoms with Crippen molar-refractivity contribution in [3.63, 3.8) is 0 Å². The van der Waals surface area contributed by atoms with Crippen LogP contribution in [0.2, 0.25) is 10.0 Å². The maximum Gasteiger partial charge on any atom is 0.330 e. The Morgan fingerprint density at radius 1 is 1.15 bits per heavy atom. The molecule has 0 amide bonds. The largest absolute Gasteiger partial charge is 0.507 e. The van der Waals surface area contributed by atoms with E-state index < -0.39 is 0 Å². The number of phenolic OH excluding ortho intramolecular Hbond substituents is 1. The molecule has 7 nitrogen and oxygen atoms in total. The maximum atomic E-state index is 13.1.